The summed E-state index contributed by atoms with van der Waals surface area (Å²) in [6.07, 6.45) is 9.91. The molecule has 6 rings (SSSR count). The fraction of sp³-hybridized carbons (Fsp3) is 0.259. The van der Waals surface area contributed by atoms with Gasteiger partial charge in [-0.15, -0.1) is 0 Å². The first-order chi connectivity index (χ1) is 14.2. The zero-order chi connectivity index (χ0) is 19.5. The van der Waals surface area contributed by atoms with Crippen LogP contribution in [0, 0.1) is 0 Å². The number of benzene rings is 2. The number of fused-ring (bicyclic) bond motifs is 4. The van der Waals surface area contributed by atoms with Crippen LogP contribution in [0.5, 0.6) is 0 Å². The van der Waals surface area contributed by atoms with E-state index < -0.39 is 23.2 Å². The zero-order valence-corrected chi connectivity index (χ0v) is 23.5. The van der Waals surface area contributed by atoms with Crippen molar-refractivity contribution < 1.29 is 57.2 Å². The molecule has 0 fully saturated rings. The minimum atomic E-state index is -0.788. The third-order valence-electron chi connectivity index (χ3n) is 7.07. The van der Waals surface area contributed by atoms with E-state index in [2.05, 4.69) is 79.1 Å². The molecule has 3 aliphatic rings. The average molecular weight is 615 g/mol. The van der Waals surface area contributed by atoms with Crippen molar-refractivity contribution in [3.05, 3.63) is 91.4 Å². The molecule has 3 aliphatic carbocycles. The summed E-state index contributed by atoms with van der Waals surface area (Å²) in [4.78, 5) is 0. The molecular formula is C27H25Br2NZr. The van der Waals surface area contributed by atoms with Gasteiger partial charge < -0.3 is 34.0 Å². The van der Waals surface area contributed by atoms with Crippen LogP contribution in [-0.4, -0.2) is 4.57 Å². The molecule has 2 aromatic carbocycles. The molecule has 1 atom stereocenters. The number of hydrogen-bond donors (Lipinski definition) is 0. The Hall–Kier alpha value is -0.957. The maximum Gasteiger partial charge on any atom is -1.00 e. The zero-order valence-electron chi connectivity index (χ0n) is 17.9. The van der Waals surface area contributed by atoms with Gasteiger partial charge in [-0.05, 0) is 0 Å². The van der Waals surface area contributed by atoms with Crippen molar-refractivity contribution in [1.82, 2.24) is 4.57 Å². The second kappa shape index (κ2) is 9.12. The van der Waals surface area contributed by atoms with Crippen molar-refractivity contribution >= 4 is 22.7 Å². The van der Waals surface area contributed by atoms with Crippen molar-refractivity contribution in [1.29, 1.82) is 0 Å². The molecule has 156 valence electrons. The van der Waals surface area contributed by atoms with Crippen molar-refractivity contribution in [2.45, 2.75) is 43.2 Å². The van der Waals surface area contributed by atoms with E-state index in [1.165, 1.54) is 47.7 Å². The molecule has 1 heterocycles. The van der Waals surface area contributed by atoms with Gasteiger partial charge in [0.2, 0.25) is 0 Å². The van der Waals surface area contributed by atoms with E-state index in [1.807, 2.05) is 0 Å². The van der Waals surface area contributed by atoms with Gasteiger partial charge in [0.05, 0.1) is 0 Å². The normalized spacial score (nSPS) is 18.7. The summed E-state index contributed by atoms with van der Waals surface area (Å²) < 4.78 is 5.07. The molecule has 3 aromatic rings. The minimum Gasteiger partial charge on any atom is -1.00 e. The molecule has 0 spiro atoms. The van der Waals surface area contributed by atoms with Crippen molar-refractivity contribution in [3.8, 4) is 0 Å². The molecule has 0 bridgehead atoms. The van der Waals surface area contributed by atoms with E-state index in [-0.39, 0.29) is 34.0 Å². The first kappa shape index (κ1) is 23.2. The predicted octanol–water partition coefficient (Wildman–Crippen LogP) is 0.897. The van der Waals surface area contributed by atoms with E-state index in [0.717, 1.165) is 0 Å². The second-order valence-corrected chi connectivity index (χ2v) is 12.2. The maximum atomic E-state index is 2.67. The summed E-state index contributed by atoms with van der Waals surface area (Å²) in [6, 6.07) is 18.2. The van der Waals surface area contributed by atoms with Crippen LogP contribution in [0.15, 0.2) is 69.0 Å². The van der Waals surface area contributed by atoms with Gasteiger partial charge in [-0.1, -0.05) is 0 Å². The van der Waals surface area contributed by atoms with Gasteiger partial charge in [0, 0.05) is 0 Å². The largest absolute Gasteiger partial charge is 1.00 e. The first-order valence-corrected chi connectivity index (χ1v) is 13.4. The Morgan fingerprint density at radius 1 is 0.935 bits per heavy atom. The van der Waals surface area contributed by atoms with Crippen LogP contribution in [0.25, 0.3) is 22.7 Å². The molecule has 4 heteroatoms. The van der Waals surface area contributed by atoms with Gasteiger partial charge in [-0.2, -0.15) is 0 Å². The summed E-state index contributed by atoms with van der Waals surface area (Å²) in [7, 11) is 0. The summed E-state index contributed by atoms with van der Waals surface area (Å²) in [5.41, 5.74) is 12.3. The number of aryl methyl sites for hydroxylation is 1. The van der Waals surface area contributed by atoms with Gasteiger partial charge in [0.1, 0.15) is 0 Å². The van der Waals surface area contributed by atoms with E-state index in [1.54, 1.807) is 31.4 Å². The average Bonchev–Trinajstić information content (AvgIpc) is 3.48. The van der Waals surface area contributed by atoms with Crippen molar-refractivity contribution in [2.24, 2.45) is 0 Å². The molecule has 0 radical (unpaired) electrons. The second-order valence-electron chi connectivity index (χ2n) is 8.60. The number of allylic oxidation sites excluding steroid dienone is 5. The Morgan fingerprint density at radius 2 is 1.71 bits per heavy atom. The summed E-state index contributed by atoms with van der Waals surface area (Å²) in [5.74, 6) is 0. The minimum absolute atomic E-state index is 0. The first-order valence-electron chi connectivity index (χ1n) is 10.8. The van der Waals surface area contributed by atoms with E-state index in [4.69, 9.17) is 0 Å². The standard InChI is InChI=1S/C20H16N.C7H9.2BrH.Zr/c1-2-7-15-13-16(12-14(15)6-1)21-19-10-4-3-8-17(19)18-9-5-11-20(18)21;1-6-4-3-5-7(6)2;;;/h1-4,6-8,10,12-13H,5,9,11H2;4H,3H2,1-2H3;2*1H;/q;;;;+2/p-2. The Morgan fingerprint density at radius 3 is 2.52 bits per heavy atom. The van der Waals surface area contributed by atoms with Crippen LogP contribution in [0.3, 0.4) is 0 Å². The van der Waals surface area contributed by atoms with Crippen LogP contribution >= 0.6 is 0 Å². The number of rotatable bonds is 3. The number of para-hydroxylation sites is 1. The van der Waals surface area contributed by atoms with Crippen LogP contribution < -0.4 is 34.0 Å². The molecule has 31 heavy (non-hydrogen) atoms. The number of nitrogens with zero attached hydrogens (tertiary/aromatic N) is 1. The van der Waals surface area contributed by atoms with E-state index in [0.29, 0.717) is 3.63 Å². The Labute approximate surface area is 217 Å². The quantitative estimate of drug-likeness (QED) is 0.414. The number of aromatic nitrogens is 1. The van der Waals surface area contributed by atoms with Gasteiger partial charge in [-0.3, -0.25) is 0 Å². The van der Waals surface area contributed by atoms with Crippen molar-refractivity contribution in [3.63, 3.8) is 0 Å². The van der Waals surface area contributed by atoms with Gasteiger partial charge >= 0.3 is 185 Å². The molecule has 0 aliphatic heterocycles. The van der Waals surface area contributed by atoms with Crippen LogP contribution in [-0.2, 0) is 36.1 Å². The number of halogens is 2. The fourth-order valence-electron chi connectivity index (χ4n) is 5.42. The monoisotopic (exact) mass is 611 g/mol. The SMILES string of the molecule is CC1=CC[C]([Zr+2][CH]2C(n3c4c(c5ccccc53)CCC4)=Cc3ccccc32)=C1C.[Br-].[Br-]. The van der Waals surface area contributed by atoms with Gasteiger partial charge in [-0.25, -0.2) is 0 Å². The smallest absolute Gasteiger partial charge is 1.00 e. The topological polar surface area (TPSA) is 4.93 Å². The molecule has 0 N–H and O–H groups in total. The third kappa shape index (κ3) is 3.67. The number of hydrogen-bond acceptors (Lipinski definition) is 0. The van der Waals surface area contributed by atoms with Crippen LogP contribution in [0.2, 0.25) is 0 Å². The molecule has 1 nitrogen and oxygen atoms in total. The molecule has 1 aromatic heterocycles. The Kier molecular flexibility index (Phi) is 6.83. The molecule has 0 saturated heterocycles. The predicted molar refractivity (Wildman–Crippen MR) is 118 cm³/mol. The summed E-state index contributed by atoms with van der Waals surface area (Å²) >= 11 is -0.788. The molecule has 0 saturated carbocycles. The van der Waals surface area contributed by atoms with Crippen molar-refractivity contribution in [2.75, 3.05) is 0 Å². The fourth-order valence-corrected chi connectivity index (χ4v) is 9.75. The van der Waals surface area contributed by atoms with Gasteiger partial charge in [0.15, 0.2) is 0 Å². The maximum absolute atomic E-state index is 2.67. The van der Waals surface area contributed by atoms with Gasteiger partial charge in [0.25, 0.3) is 0 Å². The molecular weight excluding hydrogens is 589 g/mol. The van der Waals surface area contributed by atoms with E-state index in [9.17, 15) is 0 Å². The summed E-state index contributed by atoms with van der Waals surface area (Å²) in [5, 5.41) is 1.48. The van der Waals surface area contributed by atoms with Crippen LogP contribution in [0.4, 0.5) is 0 Å². The van der Waals surface area contributed by atoms with Crippen LogP contribution in [0.1, 0.15) is 52.7 Å². The molecule has 0 amide bonds. The Bertz CT molecular complexity index is 1260. The van der Waals surface area contributed by atoms with E-state index >= 15 is 0 Å². The molecule has 1 unspecified atom stereocenters. The Balaban J connectivity index is 0.00000116. The third-order valence-corrected chi connectivity index (χ3v) is 11.5. The summed E-state index contributed by atoms with van der Waals surface area (Å²) in [6.45, 7) is 4.63.